The molecule has 236 valence electrons. The van der Waals surface area contributed by atoms with Gasteiger partial charge in [0.2, 0.25) is 16.4 Å². The van der Waals surface area contributed by atoms with Gasteiger partial charge >= 0.3 is 31.4 Å². The number of nitrogens with zero attached hydrogens (tertiary/aromatic N) is 5. The molecule has 3 fully saturated rings. The van der Waals surface area contributed by atoms with Crippen molar-refractivity contribution in [2.75, 3.05) is 19.6 Å². The lowest BCUT2D eigenvalue weighted by Gasteiger charge is -2.40. The second kappa shape index (κ2) is 12.2. The van der Waals surface area contributed by atoms with Crippen molar-refractivity contribution in [3.63, 3.8) is 0 Å². The van der Waals surface area contributed by atoms with Crippen molar-refractivity contribution >= 4 is 83.5 Å². The first kappa shape index (κ1) is 33.5. The first-order valence-electron chi connectivity index (χ1n) is 13.3. The van der Waals surface area contributed by atoms with E-state index in [9.17, 15) is 28.8 Å². The number of esters is 1. The van der Waals surface area contributed by atoms with E-state index in [4.69, 9.17) is 29.2 Å². The number of urea groups is 1. The van der Waals surface area contributed by atoms with Crippen LogP contribution < -0.4 is 5.43 Å². The summed E-state index contributed by atoms with van der Waals surface area (Å²) >= 11 is 7.55. The molecule has 0 aliphatic carbocycles. The summed E-state index contributed by atoms with van der Waals surface area (Å²) in [5.41, 5.74) is -0.186. The van der Waals surface area contributed by atoms with E-state index in [-0.39, 0.29) is 37.5 Å². The Labute approximate surface area is 267 Å². The topological polar surface area (TPSA) is 177 Å². The lowest BCUT2D eigenvalue weighted by Crippen LogP contribution is -2.60. The summed E-state index contributed by atoms with van der Waals surface area (Å²) in [6, 6.07) is -0.752. The Morgan fingerprint density at radius 3 is 2.45 bits per heavy atom. The summed E-state index contributed by atoms with van der Waals surface area (Å²) in [6.45, 7) is 9.46. The Balaban J connectivity index is 1.55. The number of carbonyl (C=O) groups is 6. The molecule has 0 saturated carbocycles. The van der Waals surface area contributed by atoms with Gasteiger partial charge in [-0.1, -0.05) is 16.9 Å². The number of thiazole rings is 1. The second-order valence-corrected chi connectivity index (χ2v) is 14.5. The summed E-state index contributed by atoms with van der Waals surface area (Å²) in [7, 11) is 5.22. The number of rotatable bonds is 10. The van der Waals surface area contributed by atoms with Crippen molar-refractivity contribution in [3.8, 4) is 0 Å². The van der Waals surface area contributed by atoms with Crippen LogP contribution in [-0.2, 0) is 33.4 Å². The molecular weight excluding hydrogens is 639 g/mol. The minimum atomic E-state index is -1.74. The third kappa shape index (κ3) is 6.51. The fourth-order valence-corrected chi connectivity index (χ4v) is 7.15. The number of fused-ring (bicyclic) bond motifs is 1. The van der Waals surface area contributed by atoms with E-state index < -0.39 is 62.4 Å². The van der Waals surface area contributed by atoms with Crippen molar-refractivity contribution < 1.29 is 43.0 Å². The van der Waals surface area contributed by atoms with Crippen LogP contribution in [0, 0.1) is 12.8 Å². The average molecular weight is 669 g/mol. The number of halogens is 1. The number of β-lactam (4-membered cyclic amide) rings is 1. The van der Waals surface area contributed by atoms with Gasteiger partial charge < -0.3 is 19.1 Å². The number of hydrogen-bond acceptors (Lipinski definition) is 13. The van der Waals surface area contributed by atoms with Crippen LogP contribution in [0.25, 0.3) is 0 Å². The highest BCUT2D eigenvalue weighted by atomic mass is 35.5. The van der Waals surface area contributed by atoms with E-state index in [0.717, 1.165) is 21.7 Å². The number of carbonyl (C=O) groups excluding carboxylic acids is 6. The summed E-state index contributed by atoms with van der Waals surface area (Å²) in [6.07, 6.45) is -0.339. The molecule has 2 radical (unpaired) electrons. The molecule has 0 aromatic carbocycles. The number of amides is 4. The molecular formula is C25H30BClN6O9S2. The van der Waals surface area contributed by atoms with Crippen LogP contribution in [-0.4, -0.2) is 110 Å². The number of oxime groups is 1. The number of Topliss-reactive ketones (excluding diaryl/α,β-unsaturated/α-hetero) is 1. The number of nitrogens with one attached hydrogen (secondary N) is 1. The van der Waals surface area contributed by atoms with E-state index in [1.165, 1.54) is 30.1 Å². The molecule has 1 N–H and O–H groups in total. The maximum Gasteiger partial charge on any atom is 0.378 e. The molecule has 0 unspecified atom stereocenters. The average Bonchev–Trinajstić information content (AvgIpc) is 3.62. The standard InChI is InChI=1S/C25H30BClN6O9S2/c1-12-28-14(10-43-12)16(30-42-24(5,6)19(36)40-23(2,3)4)15(34)9-13-17(35)31-11-25(20(37)41-26,44-18(13)31)32-7-8-33(22(32)39)29-21(27)38/h10,13,18H,7-9,11H2,1-6H3,(H,29,38)/b30-16-/t13-,18-,25-/m1/s1. The first-order valence-corrected chi connectivity index (χ1v) is 15.4. The van der Waals surface area contributed by atoms with Gasteiger partial charge in [0.05, 0.1) is 29.4 Å². The van der Waals surface area contributed by atoms with Gasteiger partial charge in [-0.15, -0.1) is 11.3 Å². The van der Waals surface area contributed by atoms with Crippen molar-refractivity contribution in [3.05, 3.63) is 16.1 Å². The smallest absolute Gasteiger partial charge is 0.378 e. The molecule has 3 atom stereocenters. The second-order valence-electron chi connectivity index (χ2n) is 11.7. The lowest BCUT2D eigenvalue weighted by molar-refractivity contribution is -0.179. The van der Waals surface area contributed by atoms with Crippen molar-refractivity contribution in [2.24, 2.45) is 11.1 Å². The predicted molar refractivity (Wildman–Crippen MR) is 158 cm³/mol. The molecule has 15 nitrogen and oxygen atoms in total. The maximum absolute atomic E-state index is 13.6. The molecule has 3 aliphatic rings. The molecule has 44 heavy (non-hydrogen) atoms. The normalized spacial score (nSPS) is 23.7. The molecule has 1 aromatic rings. The number of hydrazine groups is 1. The largest absolute Gasteiger partial charge is 0.541 e. The van der Waals surface area contributed by atoms with Crippen LogP contribution in [0.15, 0.2) is 10.5 Å². The van der Waals surface area contributed by atoms with Crippen molar-refractivity contribution in [2.45, 2.75) is 69.4 Å². The fraction of sp³-hybridized carbons (Fsp3) is 0.600. The molecule has 3 saturated heterocycles. The lowest BCUT2D eigenvalue weighted by atomic mass is 9.90. The van der Waals surface area contributed by atoms with Gasteiger partial charge in [0.15, 0.2) is 11.5 Å². The zero-order chi connectivity index (χ0) is 32.8. The van der Waals surface area contributed by atoms with Crippen LogP contribution in [0.2, 0.25) is 0 Å². The maximum atomic E-state index is 13.6. The van der Waals surface area contributed by atoms with Crippen LogP contribution >= 0.6 is 34.7 Å². The molecule has 4 heterocycles. The Morgan fingerprint density at radius 2 is 1.89 bits per heavy atom. The van der Waals surface area contributed by atoms with Crippen molar-refractivity contribution in [1.29, 1.82) is 0 Å². The summed E-state index contributed by atoms with van der Waals surface area (Å²) in [5.74, 6) is -3.63. The van der Waals surface area contributed by atoms with E-state index in [1.54, 1.807) is 33.1 Å². The fourth-order valence-electron chi connectivity index (χ4n) is 4.72. The number of hydrogen-bond donors (Lipinski definition) is 1. The summed E-state index contributed by atoms with van der Waals surface area (Å²) < 4.78 is 9.92. The Hall–Kier alpha value is -3.38. The van der Waals surface area contributed by atoms with Crippen molar-refractivity contribution in [1.82, 2.24) is 25.2 Å². The molecule has 3 aliphatic heterocycles. The van der Waals surface area contributed by atoms with Crippen LogP contribution in [0.4, 0.5) is 9.59 Å². The minimum absolute atomic E-state index is 0.00447. The Bertz CT molecular complexity index is 1430. The van der Waals surface area contributed by atoms with Gasteiger partial charge in [-0.3, -0.25) is 24.1 Å². The van der Waals surface area contributed by atoms with E-state index in [0.29, 0.717) is 5.01 Å². The highest BCUT2D eigenvalue weighted by Gasteiger charge is 2.66. The van der Waals surface area contributed by atoms with Gasteiger partial charge in [0.25, 0.3) is 0 Å². The molecule has 1 aromatic heterocycles. The Kier molecular flexibility index (Phi) is 9.29. The molecule has 4 amide bonds. The molecule has 0 bridgehead atoms. The van der Waals surface area contributed by atoms with Crippen LogP contribution in [0.1, 0.15) is 51.7 Å². The van der Waals surface area contributed by atoms with Crippen LogP contribution in [0.5, 0.6) is 0 Å². The molecule has 0 spiro atoms. The van der Waals surface area contributed by atoms with E-state index in [2.05, 4.69) is 20.2 Å². The van der Waals surface area contributed by atoms with Crippen LogP contribution in [0.3, 0.4) is 0 Å². The SMILES string of the molecule is [B]OC(=O)[C@@]1(N2CCN(NC(=O)Cl)C2=O)CN2C(=O)[C@@H](CC(=O)/C(=N\OC(C)(C)C(=O)OC(C)(C)C)c3csc(C)n3)[C@H]2S1. The third-order valence-electron chi connectivity index (χ3n) is 6.83. The number of aromatic nitrogens is 1. The number of ether oxygens (including phenoxy) is 1. The number of thioether (sulfide) groups is 1. The van der Waals surface area contributed by atoms with Gasteiger partial charge in [0.1, 0.15) is 11.3 Å². The van der Waals surface area contributed by atoms with E-state index in [1.807, 2.05) is 0 Å². The number of aryl methyl sites for hydroxylation is 1. The molecule has 4 rings (SSSR count). The minimum Gasteiger partial charge on any atom is -0.541 e. The summed E-state index contributed by atoms with van der Waals surface area (Å²) in [5, 5.41) is 5.48. The third-order valence-corrected chi connectivity index (χ3v) is 9.42. The Morgan fingerprint density at radius 1 is 1.20 bits per heavy atom. The molecule has 19 heteroatoms. The highest BCUT2D eigenvalue weighted by Crippen LogP contribution is 2.53. The monoisotopic (exact) mass is 668 g/mol. The zero-order valence-electron chi connectivity index (χ0n) is 24.7. The number of ketones is 1. The van der Waals surface area contributed by atoms with E-state index >= 15 is 0 Å². The van der Waals surface area contributed by atoms with Gasteiger partial charge in [-0.25, -0.2) is 25.0 Å². The van der Waals surface area contributed by atoms with Gasteiger partial charge in [-0.2, -0.15) is 0 Å². The first-order chi connectivity index (χ1) is 20.4. The van der Waals surface area contributed by atoms with Gasteiger partial charge in [0, 0.05) is 18.3 Å². The highest BCUT2D eigenvalue weighted by molar-refractivity contribution is 8.02. The van der Waals surface area contributed by atoms with Gasteiger partial charge in [-0.05, 0) is 53.1 Å². The summed E-state index contributed by atoms with van der Waals surface area (Å²) in [4.78, 5) is 87.5. The predicted octanol–water partition coefficient (Wildman–Crippen LogP) is 1.71. The zero-order valence-corrected chi connectivity index (χ0v) is 27.1. The quantitative estimate of drug-likeness (QED) is 0.0730.